The van der Waals surface area contributed by atoms with Gasteiger partial charge in [-0.05, 0) is 25.6 Å². The van der Waals surface area contributed by atoms with Gasteiger partial charge in [0.25, 0.3) is 0 Å². The lowest BCUT2D eigenvalue weighted by atomic mass is 10.2. The highest BCUT2D eigenvalue weighted by molar-refractivity contribution is 7.99. The van der Waals surface area contributed by atoms with E-state index in [0.717, 1.165) is 31.3 Å². The van der Waals surface area contributed by atoms with Crippen LogP contribution < -0.4 is 5.32 Å². The molecule has 0 aromatic carbocycles. The maximum atomic E-state index is 5.41. The fourth-order valence-electron chi connectivity index (χ4n) is 2.38. The molecular weight excluding hydrogens is 236 g/mol. The van der Waals surface area contributed by atoms with Crippen molar-refractivity contribution in [2.24, 2.45) is 0 Å². The first kappa shape index (κ1) is 11.5. The Morgan fingerprint density at radius 1 is 1.53 bits per heavy atom. The van der Waals surface area contributed by atoms with E-state index in [4.69, 9.17) is 4.52 Å². The highest BCUT2D eigenvalue weighted by Gasteiger charge is 2.28. The summed E-state index contributed by atoms with van der Waals surface area (Å²) in [5.74, 6) is 2.87. The normalized spacial score (nSPS) is 30.9. The molecule has 3 rings (SSSR count). The molecule has 0 amide bonds. The van der Waals surface area contributed by atoms with Gasteiger partial charge in [0, 0.05) is 19.6 Å². The molecule has 2 atom stereocenters. The highest BCUT2D eigenvalue weighted by atomic mass is 32.2. The van der Waals surface area contributed by atoms with Crippen LogP contribution in [-0.4, -0.2) is 47.5 Å². The van der Waals surface area contributed by atoms with Crippen molar-refractivity contribution in [3.05, 3.63) is 11.7 Å². The molecule has 1 N–H and O–H groups in total. The smallest absolute Gasteiger partial charge is 0.239 e. The standard InChI is InChI=1S/C11H18N4OS/c1-15-5-4-12-7-8(15)10-13-11(16-14-10)9-3-2-6-17-9/h8-9,12H,2-7H2,1H3. The number of hydrogen-bond donors (Lipinski definition) is 1. The molecule has 2 fully saturated rings. The van der Waals surface area contributed by atoms with Gasteiger partial charge in [0.1, 0.15) is 0 Å². The second-order valence-electron chi connectivity index (χ2n) is 4.69. The molecule has 0 aliphatic carbocycles. The monoisotopic (exact) mass is 254 g/mol. The fraction of sp³-hybridized carbons (Fsp3) is 0.818. The van der Waals surface area contributed by atoms with Gasteiger partial charge in [-0.3, -0.25) is 4.90 Å². The van der Waals surface area contributed by atoms with Gasteiger partial charge < -0.3 is 9.84 Å². The lowest BCUT2D eigenvalue weighted by molar-refractivity contribution is 0.190. The van der Waals surface area contributed by atoms with Crippen molar-refractivity contribution in [3.63, 3.8) is 0 Å². The summed E-state index contributed by atoms with van der Waals surface area (Å²) in [7, 11) is 2.12. The molecule has 2 aliphatic rings. The minimum atomic E-state index is 0.257. The van der Waals surface area contributed by atoms with Crippen LogP contribution in [0.4, 0.5) is 0 Å². The number of aromatic nitrogens is 2. The first-order valence-electron chi connectivity index (χ1n) is 6.20. The first-order valence-corrected chi connectivity index (χ1v) is 7.25. The third-order valence-corrected chi connectivity index (χ3v) is 4.84. The maximum absolute atomic E-state index is 5.41. The van der Waals surface area contributed by atoms with Gasteiger partial charge in [-0.25, -0.2) is 0 Å². The third kappa shape index (κ3) is 2.34. The van der Waals surface area contributed by atoms with E-state index in [9.17, 15) is 0 Å². The topological polar surface area (TPSA) is 54.2 Å². The summed E-state index contributed by atoms with van der Waals surface area (Å²) in [6.07, 6.45) is 2.43. The molecule has 17 heavy (non-hydrogen) atoms. The number of likely N-dealkylation sites (N-methyl/N-ethyl adjacent to an activating group) is 1. The highest BCUT2D eigenvalue weighted by Crippen LogP contribution is 2.39. The number of nitrogens with one attached hydrogen (secondary N) is 1. The van der Waals surface area contributed by atoms with E-state index in [1.807, 2.05) is 11.8 Å². The maximum Gasteiger partial charge on any atom is 0.239 e. The molecule has 0 bridgehead atoms. The quantitative estimate of drug-likeness (QED) is 0.856. The largest absolute Gasteiger partial charge is 0.338 e. The minimum Gasteiger partial charge on any atom is -0.338 e. The van der Waals surface area contributed by atoms with Crippen molar-refractivity contribution in [1.29, 1.82) is 0 Å². The summed E-state index contributed by atoms with van der Waals surface area (Å²) in [6.45, 7) is 2.98. The van der Waals surface area contributed by atoms with Gasteiger partial charge in [-0.2, -0.15) is 4.98 Å². The summed E-state index contributed by atoms with van der Waals surface area (Å²) >= 11 is 1.93. The van der Waals surface area contributed by atoms with Crippen LogP contribution in [0.1, 0.15) is 35.8 Å². The molecular formula is C11H18N4OS. The Balaban J connectivity index is 1.74. The van der Waals surface area contributed by atoms with Gasteiger partial charge in [0.05, 0.1) is 11.3 Å². The van der Waals surface area contributed by atoms with Gasteiger partial charge in [-0.1, -0.05) is 5.16 Å². The van der Waals surface area contributed by atoms with E-state index >= 15 is 0 Å². The van der Waals surface area contributed by atoms with E-state index in [2.05, 4.69) is 27.4 Å². The molecule has 1 aromatic rings. The van der Waals surface area contributed by atoms with E-state index < -0.39 is 0 Å². The van der Waals surface area contributed by atoms with E-state index in [-0.39, 0.29) is 6.04 Å². The Hall–Kier alpha value is -0.590. The summed E-state index contributed by atoms with van der Waals surface area (Å²) in [5, 5.41) is 7.96. The van der Waals surface area contributed by atoms with Gasteiger partial charge in [0.15, 0.2) is 5.82 Å². The van der Waals surface area contributed by atoms with Gasteiger partial charge >= 0.3 is 0 Å². The minimum absolute atomic E-state index is 0.257. The average Bonchev–Trinajstić information content (AvgIpc) is 3.00. The van der Waals surface area contributed by atoms with Crippen molar-refractivity contribution in [2.45, 2.75) is 24.1 Å². The fourth-order valence-corrected chi connectivity index (χ4v) is 3.57. The molecule has 2 saturated heterocycles. The Labute approximate surface area is 105 Å². The Kier molecular flexibility index (Phi) is 3.35. The van der Waals surface area contributed by atoms with E-state index in [1.54, 1.807) is 0 Å². The molecule has 6 heteroatoms. The van der Waals surface area contributed by atoms with Gasteiger partial charge in [0.2, 0.25) is 5.89 Å². The van der Waals surface area contributed by atoms with Crippen molar-refractivity contribution in [2.75, 3.05) is 32.4 Å². The molecule has 0 spiro atoms. The summed E-state index contributed by atoms with van der Waals surface area (Å²) in [4.78, 5) is 6.87. The number of piperazine rings is 1. The van der Waals surface area contributed by atoms with Crippen LogP contribution in [0.15, 0.2) is 4.52 Å². The Morgan fingerprint density at radius 2 is 2.47 bits per heavy atom. The predicted octanol–water partition coefficient (Wildman–Crippen LogP) is 1.21. The zero-order valence-electron chi connectivity index (χ0n) is 10.1. The average molecular weight is 254 g/mol. The van der Waals surface area contributed by atoms with Gasteiger partial charge in [-0.15, -0.1) is 11.8 Å². The predicted molar refractivity (Wildman–Crippen MR) is 67.0 cm³/mol. The number of nitrogens with zero attached hydrogens (tertiary/aromatic N) is 3. The second kappa shape index (κ2) is 4.96. The SMILES string of the molecule is CN1CCNCC1c1noc(C2CCCS2)n1. The van der Waals surface area contributed by atoms with Crippen LogP contribution >= 0.6 is 11.8 Å². The van der Waals surface area contributed by atoms with Crippen molar-refractivity contribution >= 4 is 11.8 Å². The summed E-state index contributed by atoms with van der Waals surface area (Å²) in [6, 6.07) is 0.257. The van der Waals surface area contributed by atoms with Crippen LogP contribution in [0, 0.1) is 0 Å². The molecule has 94 valence electrons. The lowest BCUT2D eigenvalue weighted by Gasteiger charge is -2.30. The number of rotatable bonds is 2. The lowest BCUT2D eigenvalue weighted by Crippen LogP contribution is -2.44. The van der Waals surface area contributed by atoms with Crippen molar-refractivity contribution in [3.8, 4) is 0 Å². The Bertz CT molecular complexity index is 377. The summed E-state index contributed by atoms with van der Waals surface area (Å²) in [5.41, 5.74) is 0. The zero-order valence-corrected chi connectivity index (χ0v) is 10.9. The Morgan fingerprint density at radius 3 is 3.24 bits per heavy atom. The van der Waals surface area contributed by atoms with Crippen LogP contribution in [0.25, 0.3) is 0 Å². The zero-order chi connectivity index (χ0) is 11.7. The molecule has 2 aliphatic heterocycles. The van der Waals surface area contributed by atoms with Crippen LogP contribution in [0.3, 0.4) is 0 Å². The first-order chi connectivity index (χ1) is 8.34. The summed E-state index contributed by atoms with van der Waals surface area (Å²) < 4.78 is 5.41. The van der Waals surface area contributed by atoms with E-state index in [1.165, 1.54) is 18.6 Å². The molecule has 5 nitrogen and oxygen atoms in total. The van der Waals surface area contributed by atoms with Crippen molar-refractivity contribution < 1.29 is 4.52 Å². The number of thioether (sulfide) groups is 1. The van der Waals surface area contributed by atoms with Crippen LogP contribution in [0.5, 0.6) is 0 Å². The molecule has 0 radical (unpaired) electrons. The molecule has 0 saturated carbocycles. The van der Waals surface area contributed by atoms with Crippen LogP contribution in [-0.2, 0) is 0 Å². The second-order valence-corrected chi connectivity index (χ2v) is 6.00. The third-order valence-electron chi connectivity index (χ3n) is 3.47. The van der Waals surface area contributed by atoms with E-state index in [0.29, 0.717) is 5.25 Å². The van der Waals surface area contributed by atoms with Crippen molar-refractivity contribution in [1.82, 2.24) is 20.4 Å². The molecule has 1 aromatic heterocycles. The number of hydrogen-bond acceptors (Lipinski definition) is 6. The molecule has 2 unspecified atom stereocenters. The van der Waals surface area contributed by atoms with Crippen LogP contribution in [0.2, 0.25) is 0 Å². The molecule has 3 heterocycles.